The Bertz CT molecular complexity index is 1880. The first kappa shape index (κ1) is 30.7. The summed E-state index contributed by atoms with van der Waals surface area (Å²) >= 11 is 0. The fraction of sp³-hybridized carbons (Fsp3) is 0.405. The van der Waals surface area contributed by atoms with Crippen LogP contribution in [0.25, 0.3) is 21.9 Å². The molecule has 0 radical (unpaired) electrons. The molecule has 45 heavy (non-hydrogen) atoms. The highest BCUT2D eigenvalue weighted by atomic mass is 16.5. The second-order valence-corrected chi connectivity index (χ2v) is 12.9. The third-order valence-electron chi connectivity index (χ3n) is 9.52. The van der Waals surface area contributed by atoms with E-state index in [4.69, 9.17) is 9.47 Å². The van der Waals surface area contributed by atoms with Crippen molar-refractivity contribution in [3.8, 4) is 5.75 Å². The maximum Gasteiger partial charge on any atom is 0.312 e. The summed E-state index contributed by atoms with van der Waals surface area (Å²) in [4.78, 5) is 20.4. The number of carbonyl (C=O) groups excluding carboxylic acids is 1. The minimum absolute atomic E-state index is 0.0841. The molecule has 5 aromatic rings. The molecule has 0 amide bonds. The molecule has 0 saturated heterocycles. The maximum absolute atomic E-state index is 13.4. The van der Waals surface area contributed by atoms with Gasteiger partial charge < -0.3 is 9.47 Å². The Balaban J connectivity index is 1.40. The normalized spacial score (nSPS) is 16.3. The maximum atomic E-state index is 13.4. The Morgan fingerprint density at radius 2 is 1.93 bits per heavy atom. The molecular formula is C37H43N5O3. The molecule has 6 rings (SSSR count). The molecule has 1 aliphatic rings. The Morgan fingerprint density at radius 1 is 1.11 bits per heavy atom. The van der Waals surface area contributed by atoms with E-state index in [-0.39, 0.29) is 18.0 Å². The number of hydrogen-bond donors (Lipinski definition) is 0. The van der Waals surface area contributed by atoms with Crippen LogP contribution in [0.1, 0.15) is 73.4 Å². The predicted octanol–water partition coefficient (Wildman–Crippen LogP) is 7.12. The van der Waals surface area contributed by atoms with Crippen molar-refractivity contribution in [2.45, 2.75) is 79.6 Å². The van der Waals surface area contributed by atoms with E-state index in [9.17, 15) is 4.79 Å². The summed E-state index contributed by atoms with van der Waals surface area (Å²) in [5.74, 6) is 0.440. The van der Waals surface area contributed by atoms with E-state index in [1.54, 1.807) is 0 Å². The van der Waals surface area contributed by atoms with Crippen molar-refractivity contribution in [3.05, 3.63) is 94.2 Å². The molecule has 0 N–H and O–H groups in total. The average Bonchev–Trinajstić information content (AvgIpc) is 3.38. The van der Waals surface area contributed by atoms with Crippen LogP contribution in [0, 0.1) is 19.3 Å². The standard InChI is InChI=1S/C37H43N5O3/c1-8-29-22-41(21-28-18-31-25(11-10-16-38-31)19-33(28)45-29)20-27-17-26(13-12-23(27)3)34(37(5,6)36(43)44-7)30-14-15-32-35(24(30)4)39-40-42(32)9-2/h10-19,29,34H,8-9,20-22H2,1-7H3/t29-,34?/m1/s1. The van der Waals surface area contributed by atoms with Crippen molar-refractivity contribution < 1.29 is 14.3 Å². The highest BCUT2D eigenvalue weighted by Crippen LogP contribution is 2.44. The fourth-order valence-electron chi connectivity index (χ4n) is 6.90. The number of benzene rings is 3. The number of aromatic nitrogens is 4. The third kappa shape index (κ3) is 5.68. The van der Waals surface area contributed by atoms with Gasteiger partial charge in [0.05, 0.1) is 23.6 Å². The van der Waals surface area contributed by atoms with E-state index in [1.165, 1.54) is 18.2 Å². The SMILES string of the molecule is CC[C@@H]1CN(Cc2cc(C(c3ccc4c(nnn4CC)c3C)C(C)(C)C(=O)OC)ccc2C)Cc2cc3ncccc3cc2O1. The van der Waals surface area contributed by atoms with Gasteiger partial charge in [0.2, 0.25) is 0 Å². The van der Waals surface area contributed by atoms with Crippen LogP contribution in [0.15, 0.2) is 60.8 Å². The van der Waals surface area contributed by atoms with Crippen LogP contribution in [0.5, 0.6) is 5.75 Å². The number of carbonyl (C=O) groups is 1. The Labute approximate surface area is 265 Å². The minimum Gasteiger partial charge on any atom is -0.489 e. The molecule has 1 unspecified atom stereocenters. The van der Waals surface area contributed by atoms with Crippen LogP contribution < -0.4 is 4.74 Å². The number of hydrogen-bond acceptors (Lipinski definition) is 7. The van der Waals surface area contributed by atoms with Crippen molar-refractivity contribution in [2.24, 2.45) is 5.41 Å². The van der Waals surface area contributed by atoms with Crippen LogP contribution in [0.3, 0.4) is 0 Å². The molecular weight excluding hydrogens is 562 g/mol. The van der Waals surface area contributed by atoms with Crippen molar-refractivity contribution in [1.29, 1.82) is 0 Å². The highest BCUT2D eigenvalue weighted by Gasteiger charge is 2.41. The second kappa shape index (κ2) is 12.2. The van der Waals surface area contributed by atoms with Gasteiger partial charge in [-0.3, -0.25) is 14.7 Å². The van der Waals surface area contributed by atoms with Gasteiger partial charge in [-0.05, 0) is 93.1 Å². The Morgan fingerprint density at radius 3 is 2.69 bits per heavy atom. The van der Waals surface area contributed by atoms with Crippen LogP contribution in [-0.2, 0) is 29.2 Å². The lowest BCUT2D eigenvalue weighted by Crippen LogP contribution is -2.34. The molecule has 0 aliphatic carbocycles. The first-order chi connectivity index (χ1) is 21.6. The molecule has 3 heterocycles. The molecule has 0 spiro atoms. The van der Waals surface area contributed by atoms with Crippen molar-refractivity contribution in [1.82, 2.24) is 24.9 Å². The lowest BCUT2D eigenvalue weighted by molar-refractivity contribution is -0.151. The summed E-state index contributed by atoms with van der Waals surface area (Å²) in [6.07, 6.45) is 2.84. The van der Waals surface area contributed by atoms with Crippen molar-refractivity contribution >= 4 is 27.9 Å². The molecule has 234 valence electrons. The monoisotopic (exact) mass is 605 g/mol. The second-order valence-electron chi connectivity index (χ2n) is 12.9. The first-order valence-corrected chi connectivity index (χ1v) is 15.9. The summed E-state index contributed by atoms with van der Waals surface area (Å²) in [5, 5.41) is 9.97. The first-order valence-electron chi connectivity index (χ1n) is 15.9. The van der Waals surface area contributed by atoms with Gasteiger partial charge in [-0.2, -0.15) is 0 Å². The number of rotatable bonds is 8. The molecule has 8 nitrogen and oxygen atoms in total. The molecule has 3 aromatic carbocycles. The number of ether oxygens (including phenoxy) is 2. The van der Waals surface area contributed by atoms with E-state index >= 15 is 0 Å². The highest BCUT2D eigenvalue weighted by molar-refractivity contribution is 5.83. The minimum atomic E-state index is -0.836. The summed E-state index contributed by atoms with van der Waals surface area (Å²) in [5.41, 5.74) is 8.76. The van der Waals surface area contributed by atoms with E-state index < -0.39 is 5.41 Å². The largest absolute Gasteiger partial charge is 0.489 e. The van der Waals surface area contributed by atoms with Gasteiger partial charge in [-0.1, -0.05) is 42.5 Å². The van der Waals surface area contributed by atoms with Crippen LogP contribution in [0.2, 0.25) is 0 Å². The molecule has 1 aliphatic heterocycles. The summed E-state index contributed by atoms with van der Waals surface area (Å²) in [6, 6.07) is 19.2. The number of fused-ring (bicyclic) bond motifs is 3. The van der Waals surface area contributed by atoms with E-state index in [2.05, 4.69) is 96.4 Å². The van der Waals surface area contributed by atoms with Gasteiger partial charge in [0.1, 0.15) is 17.4 Å². The molecule has 8 heteroatoms. The average molecular weight is 606 g/mol. The third-order valence-corrected chi connectivity index (χ3v) is 9.52. The van der Waals surface area contributed by atoms with Crippen LogP contribution >= 0.6 is 0 Å². The predicted molar refractivity (Wildman–Crippen MR) is 177 cm³/mol. The topological polar surface area (TPSA) is 82.4 Å². The smallest absolute Gasteiger partial charge is 0.312 e. The number of pyridine rings is 1. The van der Waals surface area contributed by atoms with Gasteiger partial charge >= 0.3 is 5.97 Å². The van der Waals surface area contributed by atoms with Crippen LogP contribution in [-0.4, -0.2) is 50.6 Å². The van der Waals surface area contributed by atoms with Gasteiger partial charge in [-0.25, -0.2) is 4.68 Å². The molecule has 2 aromatic heterocycles. The van der Waals surface area contributed by atoms with Crippen molar-refractivity contribution in [2.75, 3.05) is 13.7 Å². The lowest BCUT2D eigenvalue weighted by atomic mass is 9.69. The zero-order valence-corrected chi connectivity index (χ0v) is 27.4. The Hall–Kier alpha value is -4.30. The summed E-state index contributed by atoms with van der Waals surface area (Å²) < 4.78 is 13.8. The van der Waals surface area contributed by atoms with Crippen molar-refractivity contribution in [3.63, 3.8) is 0 Å². The van der Waals surface area contributed by atoms with Gasteiger partial charge in [-0.15, -0.1) is 5.10 Å². The fourth-order valence-corrected chi connectivity index (χ4v) is 6.90. The number of aryl methyl sites for hydroxylation is 3. The zero-order chi connectivity index (χ0) is 31.9. The number of methoxy groups -OCH3 is 1. The number of nitrogens with zero attached hydrogens (tertiary/aromatic N) is 5. The quantitative estimate of drug-likeness (QED) is 0.174. The Kier molecular flexibility index (Phi) is 8.35. The zero-order valence-electron chi connectivity index (χ0n) is 27.4. The number of esters is 1. The molecule has 2 atom stereocenters. The van der Waals surface area contributed by atoms with Crippen LogP contribution in [0.4, 0.5) is 0 Å². The van der Waals surface area contributed by atoms with Gasteiger partial charge in [0, 0.05) is 49.2 Å². The summed E-state index contributed by atoms with van der Waals surface area (Å²) in [7, 11) is 1.47. The van der Waals surface area contributed by atoms with Gasteiger partial charge in [0.15, 0.2) is 0 Å². The molecule has 0 fully saturated rings. The van der Waals surface area contributed by atoms with E-state index in [0.29, 0.717) is 0 Å². The van der Waals surface area contributed by atoms with Gasteiger partial charge in [0.25, 0.3) is 0 Å². The van der Waals surface area contributed by atoms with E-state index in [0.717, 1.165) is 82.5 Å². The van der Waals surface area contributed by atoms with E-state index in [1.807, 2.05) is 30.8 Å². The molecule has 0 bridgehead atoms. The lowest BCUT2D eigenvalue weighted by Gasteiger charge is -2.34. The summed E-state index contributed by atoms with van der Waals surface area (Å²) in [6.45, 7) is 15.5. The molecule has 0 saturated carbocycles.